The number of nitrogens with zero attached hydrogens (tertiary/aromatic N) is 3. The number of anilines is 1. The van der Waals surface area contributed by atoms with E-state index in [0.717, 1.165) is 20.3 Å². The highest BCUT2D eigenvalue weighted by Crippen LogP contribution is 2.32. The Kier molecular flexibility index (Phi) is 5.87. The van der Waals surface area contributed by atoms with Crippen LogP contribution in [0.15, 0.2) is 77.3 Å². The third-order valence-corrected chi connectivity index (χ3v) is 6.09. The summed E-state index contributed by atoms with van der Waals surface area (Å²) in [4.78, 5) is 30.0. The number of nitro groups is 1. The van der Waals surface area contributed by atoms with Gasteiger partial charge in [0.25, 0.3) is 5.69 Å². The molecule has 0 aliphatic rings. The molecular formula is C22H16BrN3O3S. The smallest absolute Gasteiger partial charge is 0.269 e. The Hall–Kier alpha value is -3.10. The maximum absolute atomic E-state index is 13.2. The first-order valence-corrected chi connectivity index (χ1v) is 10.7. The molecule has 1 amide bonds. The number of thiazole rings is 1. The van der Waals surface area contributed by atoms with Gasteiger partial charge in [-0.3, -0.25) is 19.8 Å². The lowest BCUT2D eigenvalue weighted by Crippen LogP contribution is -2.31. The van der Waals surface area contributed by atoms with Gasteiger partial charge in [0.1, 0.15) is 0 Å². The first kappa shape index (κ1) is 20.2. The fraction of sp³-hybridized carbons (Fsp3) is 0.0909. The zero-order valence-electron chi connectivity index (χ0n) is 15.7. The van der Waals surface area contributed by atoms with Crippen LogP contribution in [-0.4, -0.2) is 15.8 Å². The molecule has 0 radical (unpaired) electrons. The molecule has 1 heterocycles. The Morgan fingerprint density at radius 2 is 1.77 bits per heavy atom. The van der Waals surface area contributed by atoms with Crippen LogP contribution in [0.1, 0.15) is 11.1 Å². The second-order valence-corrected chi connectivity index (χ2v) is 8.60. The Morgan fingerprint density at radius 1 is 1.03 bits per heavy atom. The molecule has 6 nitrogen and oxygen atoms in total. The van der Waals surface area contributed by atoms with Gasteiger partial charge in [-0.2, -0.15) is 0 Å². The number of rotatable bonds is 6. The molecule has 8 heteroatoms. The van der Waals surface area contributed by atoms with E-state index in [-0.39, 0.29) is 18.0 Å². The first-order chi connectivity index (χ1) is 14.5. The van der Waals surface area contributed by atoms with Crippen molar-refractivity contribution < 1.29 is 9.72 Å². The highest BCUT2D eigenvalue weighted by atomic mass is 79.9. The van der Waals surface area contributed by atoms with Crippen molar-refractivity contribution in [1.29, 1.82) is 0 Å². The average molecular weight is 482 g/mol. The second-order valence-electron chi connectivity index (χ2n) is 6.67. The zero-order valence-corrected chi connectivity index (χ0v) is 18.1. The molecule has 3 aromatic carbocycles. The Morgan fingerprint density at radius 3 is 2.47 bits per heavy atom. The van der Waals surface area contributed by atoms with Crippen LogP contribution in [0.5, 0.6) is 0 Å². The van der Waals surface area contributed by atoms with E-state index in [4.69, 9.17) is 0 Å². The lowest BCUT2D eigenvalue weighted by atomic mass is 10.1. The summed E-state index contributed by atoms with van der Waals surface area (Å²) in [6.45, 7) is 0.396. The largest absolute Gasteiger partial charge is 0.283 e. The van der Waals surface area contributed by atoms with E-state index in [1.165, 1.54) is 23.5 Å². The van der Waals surface area contributed by atoms with Crippen molar-refractivity contribution in [2.45, 2.75) is 13.0 Å². The number of carbonyl (C=O) groups excluding carboxylic acids is 1. The van der Waals surface area contributed by atoms with Gasteiger partial charge in [-0.15, -0.1) is 0 Å². The average Bonchev–Trinajstić information content (AvgIpc) is 3.15. The normalized spacial score (nSPS) is 10.8. The Bertz CT molecular complexity index is 1210. The van der Waals surface area contributed by atoms with Crippen LogP contribution in [0, 0.1) is 10.1 Å². The molecule has 0 spiro atoms. The van der Waals surface area contributed by atoms with Gasteiger partial charge < -0.3 is 0 Å². The summed E-state index contributed by atoms with van der Waals surface area (Å²) in [7, 11) is 0. The van der Waals surface area contributed by atoms with Crippen LogP contribution in [0.25, 0.3) is 10.2 Å². The minimum absolute atomic E-state index is 0.00379. The van der Waals surface area contributed by atoms with Crippen molar-refractivity contribution in [3.63, 3.8) is 0 Å². The molecule has 0 aliphatic carbocycles. The molecule has 150 valence electrons. The molecule has 0 bridgehead atoms. The number of carbonyl (C=O) groups is 1. The summed E-state index contributed by atoms with van der Waals surface area (Å²) in [5.74, 6) is -0.120. The third-order valence-electron chi connectivity index (χ3n) is 4.56. The highest BCUT2D eigenvalue weighted by Gasteiger charge is 2.21. The lowest BCUT2D eigenvalue weighted by molar-refractivity contribution is -0.384. The van der Waals surface area contributed by atoms with Gasteiger partial charge in [0.2, 0.25) is 5.91 Å². The fourth-order valence-electron chi connectivity index (χ4n) is 3.04. The number of non-ortho nitro benzene ring substituents is 1. The number of nitro benzene ring substituents is 1. The van der Waals surface area contributed by atoms with Crippen LogP contribution >= 0.6 is 27.3 Å². The molecule has 1 aromatic heterocycles. The Labute approximate surface area is 185 Å². The SMILES string of the molecule is O=C(Cc1ccc([N+](=O)[O-])cc1)N(Cc1ccccc1)c1nc2ccc(Br)cc2s1. The summed E-state index contributed by atoms with van der Waals surface area (Å²) < 4.78 is 1.94. The molecule has 4 rings (SSSR count). The van der Waals surface area contributed by atoms with Gasteiger partial charge in [-0.25, -0.2) is 4.98 Å². The van der Waals surface area contributed by atoms with E-state index < -0.39 is 4.92 Å². The fourth-order valence-corrected chi connectivity index (χ4v) is 4.57. The summed E-state index contributed by atoms with van der Waals surface area (Å²) in [6.07, 6.45) is 0.129. The van der Waals surface area contributed by atoms with Gasteiger partial charge in [0.15, 0.2) is 5.13 Å². The summed E-state index contributed by atoms with van der Waals surface area (Å²) in [5, 5.41) is 11.5. The topological polar surface area (TPSA) is 76.3 Å². The van der Waals surface area contributed by atoms with Gasteiger partial charge in [0, 0.05) is 16.6 Å². The van der Waals surface area contributed by atoms with Crippen molar-refractivity contribution in [2.75, 3.05) is 4.90 Å². The van der Waals surface area contributed by atoms with E-state index >= 15 is 0 Å². The van der Waals surface area contributed by atoms with Crippen molar-refractivity contribution >= 4 is 54.2 Å². The number of aromatic nitrogens is 1. The van der Waals surface area contributed by atoms with Crippen LogP contribution in [0.3, 0.4) is 0 Å². The monoisotopic (exact) mass is 481 g/mol. The number of fused-ring (bicyclic) bond motifs is 1. The summed E-state index contributed by atoms with van der Waals surface area (Å²) in [5.41, 5.74) is 2.55. The molecule has 0 saturated heterocycles. The van der Waals surface area contributed by atoms with Crippen LogP contribution in [-0.2, 0) is 17.8 Å². The van der Waals surface area contributed by atoms with Crippen molar-refractivity contribution in [3.05, 3.63) is 98.5 Å². The third kappa shape index (κ3) is 4.55. The lowest BCUT2D eigenvalue weighted by Gasteiger charge is -2.20. The minimum atomic E-state index is -0.452. The first-order valence-electron chi connectivity index (χ1n) is 9.13. The standard InChI is InChI=1S/C22H16BrN3O3S/c23-17-8-11-19-20(13-17)30-22(24-19)25(14-16-4-2-1-3-5-16)21(27)12-15-6-9-18(10-7-15)26(28)29/h1-11,13H,12,14H2. The summed E-state index contributed by atoms with van der Waals surface area (Å²) in [6, 6.07) is 21.6. The van der Waals surface area contributed by atoms with Crippen molar-refractivity contribution in [1.82, 2.24) is 4.98 Å². The molecule has 0 aliphatic heterocycles. The molecular weight excluding hydrogens is 466 g/mol. The van der Waals surface area contributed by atoms with Gasteiger partial charge in [-0.1, -0.05) is 69.7 Å². The van der Waals surface area contributed by atoms with E-state index in [2.05, 4.69) is 20.9 Å². The predicted octanol–water partition coefficient (Wildman–Crippen LogP) is 5.74. The molecule has 4 aromatic rings. The number of amides is 1. The highest BCUT2D eigenvalue weighted by molar-refractivity contribution is 9.10. The van der Waals surface area contributed by atoms with E-state index in [1.807, 2.05) is 48.5 Å². The molecule has 0 fully saturated rings. The maximum Gasteiger partial charge on any atom is 0.269 e. The van der Waals surface area contributed by atoms with E-state index in [0.29, 0.717) is 17.2 Å². The summed E-state index contributed by atoms with van der Waals surface area (Å²) >= 11 is 4.93. The van der Waals surface area contributed by atoms with E-state index in [1.54, 1.807) is 17.0 Å². The van der Waals surface area contributed by atoms with Crippen LogP contribution in [0.4, 0.5) is 10.8 Å². The van der Waals surface area contributed by atoms with Crippen LogP contribution < -0.4 is 4.90 Å². The maximum atomic E-state index is 13.2. The van der Waals surface area contributed by atoms with Crippen molar-refractivity contribution in [3.8, 4) is 0 Å². The van der Waals surface area contributed by atoms with Crippen LogP contribution in [0.2, 0.25) is 0 Å². The van der Waals surface area contributed by atoms with Gasteiger partial charge in [-0.05, 0) is 29.3 Å². The minimum Gasteiger partial charge on any atom is -0.283 e. The Balaban J connectivity index is 1.65. The van der Waals surface area contributed by atoms with Gasteiger partial charge in [0.05, 0.1) is 28.1 Å². The number of hydrogen-bond acceptors (Lipinski definition) is 5. The number of benzene rings is 3. The predicted molar refractivity (Wildman–Crippen MR) is 122 cm³/mol. The number of halogens is 1. The molecule has 0 saturated carbocycles. The molecule has 0 atom stereocenters. The van der Waals surface area contributed by atoms with Gasteiger partial charge >= 0.3 is 0 Å². The molecule has 0 N–H and O–H groups in total. The quantitative estimate of drug-likeness (QED) is 0.259. The molecule has 0 unspecified atom stereocenters. The van der Waals surface area contributed by atoms with E-state index in [9.17, 15) is 14.9 Å². The second kappa shape index (κ2) is 8.73. The number of hydrogen-bond donors (Lipinski definition) is 0. The zero-order chi connectivity index (χ0) is 21.1. The molecule has 30 heavy (non-hydrogen) atoms. The van der Waals surface area contributed by atoms with Crippen molar-refractivity contribution in [2.24, 2.45) is 0 Å².